The summed E-state index contributed by atoms with van der Waals surface area (Å²) in [6, 6.07) is 0. The van der Waals surface area contributed by atoms with E-state index >= 15 is 0 Å². The maximum absolute atomic E-state index is 13.2. The van der Waals surface area contributed by atoms with Crippen molar-refractivity contribution >= 4 is 34.9 Å². The zero-order valence-electron chi connectivity index (χ0n) is 10.6. The summed E-state index contributed by atoms with van der Waals surface area (Å²) in [6.45, 7) is 4.65. The number of hydrogen-bond acceptors (Lipinski definition) is 5. The van der Waals surface area contributed by atoms with Crippen LogP contribution in [0.25, 0.3) is 0 Å². The van der Waals surface area contributed by atoms with Crippen LogP contribution in [0, 0.1) is 5.95 Å². The first-order valence-electron chi connectivity index (χ1n) is 5.26. The van der Waals surface area contributed by atoms with Gasteiger partial charge in [0.15, 0.2) is 6.61 Å². The van der Waals surface area contributed by atoms with Crippen molar-refractivity contribution in [2.24, 2.45) is 0 Å². The number of carbonyl (C=O) groups excluding carboxylic acids is 1. The Balaban J connectivity index is 2.77. The van der Waals surface area contributed by atoms with Crippen LogP contribution >= 0.6 is 23.2 Å². The summed E-state index contributed by atoms with van der Waals surface area (Å²) < 4.78 is 23.2. The SMILES string of the molecule is CC(C)(C)OC(=O)COc1nc(F)c(Cl)c(N)c1Cl. The second-order valence-electron chi connectivity index (χ2n) is 4.62. The quantitative estimate of drug-likeness (QED) is 0.686. The average molecular weight is 311 g/mol. The number of pyridine rings is 1. The minimum atomic E-state index is -1.03. The van der Waals surface area contributed by atoms with Crippen LogP contribution < -0.4 is 10.5 Å². The summed E-state index contributed by atoms with van der Waals surface area (Å²) in [4.78, 5) is 14.8. The highest BCUT2D eigenvalue weighted by Gasteiger charge is 2.20. The van der Waals surface area contributed by atoms with Crippen LogP contribution in [0.5, 0.6) is 5.88 Å². The normalized spacial score (nSPS) is 11.3. The summed E-state index contributed by atoms with van der Waals surface area (Å²) in [6.07, 6.45) is 0. The number of esters is 1. The number of halogens is 3. The lowest BCUT2D eigenvalue weighted by atomic mass is 10.2. The molecule has 0 aromatic carbocycles. The Hall–Kier alpha value is -1.27. The van der Waals surface area contributed by atoms with Crippen LogP contribution in [-0.2, 0) is 9.53 Å². The van der Waals surface area contributed by atoms with E-state index in [-0.39, 0.29) is 16.6 Å². The predicted octanol–water partition coefficient (Wildman–Crippen LogP) is 2.83. The molecular formula is C11H13Cl2FN2O3. The third kappa shape index (κ3) is 4.40. The maximum atomic E-state index is 13.2. The number of ether oxygens (including phenoxy) is 2. The molecule has 0 aliphatic heterocycles. The Morgan fingerprint density at radius 1 is 1.37 bits per heavy atom. The van der Waals surface area contributed by atoms with Gasteiger partial charge in [0.1, 0.15) is 15.6 Å². The molecule has 0 bridgehead atoms. The van der Waals surface area contributed by atoms with Crippen LogP contribution in [-0.4, -0.2) is 23.2 Å². The minimum absolute atomic E-state index is 0.157. The van der Waals surface area contributed by atoms with Crippen LogP contribution in [0.3, 0.4) is 0 Å². The van der Waals surface area contributed by atoms with Gasteiger partial charge in [-0.2, -0.15) is 9.37 Å². The van der Waals surface area contributed by atoms with Crippen molar-refractivity contribution in [1.82, 2.24) is 4.98 Å². The van der Waals surface area contributed by atoms with Crippen molar-refractivity contribution in [3.63, 3.8) is 0 Å². The van der Waals surface area contributed by atoms with E-state index in [1.165, 1.54) is 0 Å². The van der Waals surface area contributed by atoms with Gasteiger partial charge in [-0.15, -0.1) is 0 Å². The van der Waals surface area contributed by atoms with E-state index in [0.717, 1.165) is 0 Å². The summed E-state index contributed by atoms with van der Waals surface area (Å²) in [7, 11) is 0. The summed E-state index contributed by atoms with van der Waals surface area (Å²) in [5.74, 6) is -1.98. The molecule has 2 N–H and O–H groups in total. The minimum Gasteiger partial charge on any atom is -0.464 e. The van der Waals surface area contributed by atoms with Gasteiger partial charge in [-0.25, -0.2) is 4.79 Å². The van der Waals surface area contributed by atoms with E-state index in [1.54, 1.807) is 20.8 Å². The third-order valence-corrected chi connectivity index (χ3v) is 2.51. The first-order chi connectivity index (χ1) is 8.61. The number of nitrogen functional groups attached to an aromatic ring is 1. The number of nitrogens with two attached hydrogens (primary N) is 1. The van der Waals surface area contributed by atoms with Crippen molar-refractivity contribution in [3.8, 4) is 5.88 Å². The van der Waals surface area contributed by atoms with E-state index in [0.29, 0.717) is 0 Å². The van der Waals surface area contributed by atoms with Crippen molar-refractivity contribution in [2.45, 2.75) is 26.4 Å². The van der Waals surface area contributed by atoms with Gasteiger partial charge in [0.2, 0.25) is 11.8 Å². The van der Waals surface area contributed by atoms with E-state index in [1.807, 2.05) is 0 Å². The Kier molecular flexibility index (Phi) is 4.81. The fraction of sp³-hybridized carbons (Fsp3) is 0.455. The maximum Gasteiger partial charge on any atom is 0.344 e. The Morgan fingerprint density at radius 3 is 2.47 bits per heavy atom. The number of nitrogens with zero attached hydrogens (tertiary/aromatic N) is 1. The smallest absolute Gasteiger partial charge is 0.344 e. The van der Waals surface area contributed by atoms with Gasteiger partial charge in [0, 0.05) is 0 Å². The molecule has 0 aliphatic carbocycles. The van der Waals surface area contributed by atoms with Crippen molar-refractivity contribution < 1.29 is 18.7 Å². The molecule has 0 radical (unpaired) electrons. The van der Waals surface area contributed by atoms with E-state index in [4.69, 9.17) is 38.4 Å². The van der Waals surface area contributed by atoms with E-state index in [9.17, 15) is 9.18 Å². The molecule has 0 aliphatic rings. The molecule has 106 valence electrons. The van der Waals surface area contributed by atoms with Gasteiger partial charge in [-0.05, 0) is 20.8 Å². The third-order valence-electron chi connectivity index (χ3n) is 1.79. The molecule has 0 fully saturated rings. The lowest BCUT2D eigenvalue weighted by molar-refractivity contribution is -0.157. The van der Waals surface area contributed by atoms with Crippen LogP contribution in [0.15, 0.2) is 0 Å². The zero-order valence-corrected chi connectivity index (χ0v) is 12.1. The highest BCUT2D eigenvalue weighted by Crippen LogP contribution is 2.35. The molecule has 0 amide bonds. The first-order valence-corrected chi connectivity index (χ1v) is 6.02. The van der Waals surface area contributed by atoms with E-state index in [2.05, 4.69) is 4.98 Å². The first kappa shape index (κ1) is 15.8. The molecule has 5 nitrogen and oxygen atoms in total. The number of rotatable bonds is 3. The monoisotopic (exact) mass is 310 g/mol. The largest absolute Gasteiger partial charge is 0.464 e. The molecule has 1 aromatic rings. The van der Waals surface area contributed by atoms with Gasteiger partial charge in [0.25, 0.3) is 0 Å². The van der Waals surface area contributed by atoms with Gasteiger partial charge in [-0.3, -0.25) is 0 Å². The summed E-state index contributed by atoms with van der Waals surface area (Å²) >= 11 is 11.3. The average Bonchev–Trinajstić information content (AvgIpc) is 2.27. The molecule has 0 atom stereocenters. The second kappa shape index (κ2) is 5.79. The van der Waals surface area contributed by atoms with Crippen molar-refractivity contribution in [1.29, 1.82) is 0 Å². The van der Waals surface area contributed by atoms with Gasteiger partial charge in [-0.1, -0.05) is 23.2 Å². The molecule has 8 heteroatoms. The number of anilines is 1. The van der Waals surface area contributed by atoms with Crippen molar-refractivity contribution in [3.05, 3.63) is 16.0 Å². The Morgan fingerprint density at radius 2 is 1.95 bits per heavy atom. The van der Waals surface area contributed by atoms with Crippen LogP contribution in [0.2, 0.25) is 10.0 Å². The predicted molar refractivity (Wildman–Crippen MR) is 70.0 cm³/mol. The van der Waals surface area contributed by atoms with Gasteiger partial charge in [0.05, 0.1) is 5.69 Å². The van der Waals surface area contributed by atoms with Crippen LogP contribution in [0.4, 0.5) is 10.1 Å². The molecule has 0 saturated carbocycles. The topological polar surface area (TPSA) is 74.4 Å². The molecule has 0 saturated heterocycles. The van der Waals surface area contributed by atoms with Gasteiger partial charge < -0.3 is 15.2 Å². The lowest BCUT2D eigenvalue weighted by Crippen LogP contribution is -2.27. The molecule has 1 heterocycles. The highest BCUT2D eigenvalue weighted by molar-refractivity contribution is 6.39. The standard InChI is InChI=1S/C11H13Cl2FN2O3/c1-11(2,3)19-5(17)4-18-10-7(13)8(15)6(12)9(14)16-10/h4H2,1-3H3,(H2,15,16). The molecule has 0 spiro atoms. The second-order valence-corrected chi connectivity index (χ2v) is 5.38. The van der Waals surface area contributed by atoms with Crippen molar-refractivity contribution in [2.75, 3.05) is 12.3 Å². The van der Waals surface area contributed by atoms with Crippen LogP contribution in [0.1, 0.15) is 20.8 Å². The molecule has 1 rings (SSSR count). The highest BCUT2D eigenvalue weighted by atomic mass is 35.5. The number of carbonyl (C=O) groups is 1. The number of aromatic nitrogens is 1. The fourth-order valence-corrected chi connectivity index (χ4v) is 1.48. The number of hydrogen-bond donors (Lipinski definition) is 1. The zero-order chi connectivity index (χ0) is 14.8. The lowest BCUT2D eigenvalue weighted by Gasteiger charge is -2.19. The molecule has 0 unspecified atom stereocenters. The fourth-order valence-electron chi connectivity index (χ4n) is 1.10. The van der Waals surface area contributed by atoms with E-state index < -0.39 is 29.1 Å². The summed E-state index contributed by atoms with van der Waals surface area (Å²) in [5.41, 5.74) is 4.60. The molecular weight excluding hydrogens is 298 g/mol. The van der Waals surface area contributed by atoms with Gasteiger partial charge >= 0.3 is 5.97 Å². The summed E-state index contributed by atoms with van der Waals surface area (Å²) in [5, 5.41) is -0.551. The Labute approximate surface area is 119 Å². The molecule has 19 heavy (non-hydrogen) atoms. The Bertz CT molecular complexity index is 504. The molecule has 1 aromatic heterocycles.